The molecule has 21 nitrogen and oxygen atoms in total. The zero-order valence-corrected chi connectivity index (χ0v) is 51.6. The van der Waals surface area contributed by atoms with E-state index < -0.39 is 115 Å². The second-order valence-corrected chi connectivity index (χ2v) is 31.3. The van der Waals surface area contributed by atoms with Crippen LogP contribution in [-0.2, 0) is 76.0 Å². The van der Waals surface area contributed by atoms with Gasteiger partial charge < -0.3 is 82.4 Å². The first kappa shape index (κ1) is 58.5. The van der Waals surface area contributed by atoms with Gasteiger partial charge in [-0.1, -0.05) is 68.4 Å². The van der Waals surface area contributed by atoms with Gasteiger partial charge in [-0.05, 0) is 90.8 Å². The van der Waals surface area contributed by atoms with Crippen LogP contribution in [-0.4, -0.2) is 204 Å². The molecule has 22 heteroatoms. The Hall–Kier alpha value is -3.31. The summed E-state index contributed by atoms with van der Waals surface area (Å²) in [6.45, 7) is 29.7. The molecule has 0 bridgehead atoms. The van der Waals surface area contributed by atoms with Crippen molar-refractivity contribution in [2.45, 2.75) is 243 Å². The predicted molar refractivity (Wildman–Crippen MR) is 294 cm³/mol. The van der Waals surface area contributed by atoms with Gasteiger partial charge in [0.1, 0.15) is 120 Å². The molecule has 12 heterocycles. The molecule has 21 aliphatic rings. The van der Waals surface area contributed by atoms with E-state index in [0.29, 0.717) is 43.3 Å². The van der Waals surface area contributed by atoms with Gasteiger partial charge in [0.2, 0.25) is 0 Å². The molecule has 0 aromatic heterocycles. The number of hydrogen-bond acceptors (Lipinski definition) is 21. The Morgan fingerprint density at radius 1 is 0.545 bits per heavy atom. The summed E-state index contributed by atoms with van der Waals surface area (Å²) in [4.78, 5) is 49.7. The summed E-state index contributed by atoms with van der Waals surface area (Å²) in [6, 6.07) is 0. The van der Waals surface area contributed by atoms with Crippen LogP contribution in [0.3, 0.4) is 0 Å². The second-order valence-electron chi connectivity index (χ2n) is 31.3. The van der Waals surface area contributed by atoms with Gasteiger partial charge in [-0.2, -0.15) is 0 Å². The minimum Gasteiger partial charge on any atom is -0.458 e. The minimum absolute atomic E-state index is 0. The van der Waals surface area contributed by atoms with E-state index in [1.165, 1.54) is 6.08 Å². The van der Waals surface area contributed by atoms with E-state index in [-0.39, 0.29) is 153 Å². The Kier molecular flexibility index (Phi) is 11.0. The van der Waals surface area contributed by atoms with Gasteiger partial charge in [0.15, 0.2) is 22.6 Å². The maximum absolute atomic E-state index is 12.9. The number of Topliss-reactive ketones (excluding diaryl/α,β-unsaturated/α-hetero) is 1. The molecule has 0 radical (unpaired) electrons. The van der Waals surface area contributed by atoms with Gasteiger partial charge in [0, 0.05) is 22.7 Å². The third-order valence-electron chi connectivity index (χ3n) is 27.7. The van der Waals surface area contributed by atoms with E-state index in [9.17, 15) is 44.7 Å². The number of carbonyl (C=O) groups is 4. The fraction of sp³-hybridized carbons (Fsp3) is 0.773. The maximum atomic E-state index is 12.9. The van der Waals surface area contributed by atoms with Crippen molar-refractivity contribution in [2.75, 3.05) is 19.8 Å². The van der Waals surface area contributed by atoms with Crippen molar-refractivity contribution < 1.29 is 120 Å². The summed E-state index contributed by atoms with van der Waals surface area (Å²) < 4.78 is 72.5. The first-order valence-corrected chi connectivity index (χ1v) is 31.9. The van der Waals surface area contributed by atoms with Crippen LogP contribution in [0.5, 0.6) is 0 Å². The molecule has 0 amide bonds. The molecule has 1 unspecified atom stereocenters. The summed E-state index contributed by atoms with van der Waals surface area (Å²) in [5.74, 6) is -1.01. The van der Waals surface area contributed by atoms with Gasteiger partial charge in [0.05, 0.1) is 35.6 Å². The van der Waals surface area contributed by atoms with E-state index in [1.54, 1.807) is 6.08 Å². The van der Waals surface area contributed by atoms with Crippen LogP contribution in [0.1, 0.15) is 107 Å². The normalized spacial score (nSPS) is 59.4. The maximum Gasteiger partial charge on any atom is 1.00 e. The standard InChI is InChI=1S/C23H28O7.C20H24O7.C20H22O7.C3H5.Li/c1-5-6-20(26)9-19(4)12(11-8-27-17(24)14(11)20)7-13-22(28-13)18(25)21(10(2)3)15(29-21)16-23(19,22)30-16;2*1-7(2)18-13(26-18)14-20(27-14)17(3)5-10(21)12-8(6-24-15(12)22)9(17)4-11-19(20,25-11)16(18)23;1-3-2;/h5,10,12-13,15-16,18,25-26H,1,6-9H2,2-4H3;7,9-11,13-14,16,21,23H,4-6H2,1-3H3;7,9,11,13-14,16,23H,4-6H2,1-3H3;3H,1-2H2;/q;;;-1;+1/t12-,13-,15-,16-,18+,19-,20?,21-,22+,23+;9-,10-,11-,13-,14-,16+,17-,18-,19+,20+;9-,11-,13-,14-,16+,17-,18-,19+,20+;;/m000../s1. The number of allylic oxidation sites excluding steroid dienone is 1. The average Bonchev–Trinajstić information content (AvgIpc) is 1.43. The van der Waals surface area contributed by atoms with Crippen LogP contribution in [0.15, 0.2) is 58.7 Å². The molecule has 6 saturated carbocycles. The monoisotopic (exact) mass is 1210 g/mol. The largest absolute Gasteiger partial charge is 1.00 e. The van der Waals surface area contributed by atoms with E-state index >= 15 is 0 Å². The molecule has 21 rings (SSSR count). The summed E-state index contributed by atoms with van der Waals surface area (Å²) in [5, 5.41) is 57.0. The number of carbonyl (C=O) groups excluding carboxylic acids is 4. The number of ether oxygens (including phenoxy) is 12. The van der Waals surface area contributed by atoms with Crippen LogP contribution < -0.4 is 18.9 Å². The molecule has 9 aliphatic carbocycles. The van der Waals surface area contributed by atoms with Crippen LogP contribution in [0.25, 0.3) is 0 Å². The molecule has 29 atom stereocenters. The molecule has 0 aromatic rings. The quantitative estimate of drug-likeness (QED) is 0.0436. The van der Waals surface area contributed by atoms with E-state index in [2.05, 4.69) is 82.4 Å². The Balaban J connectivity index is 0.0000000997. The third-order valence-corrected chi connectivity index (χ3v) is 27.7. The number of epoxide rings is 9. The fourth-order valence-corrected chi connectivity index (χ4v) is 23.9. The van der Waals surface area contributed by atoms with Crippen molar-refractivity contribution in [2.24, 2.45) is 51.8 Å². The number of hydrogen-bond donors (Lipinski definition) is 5. The van der Waals surface area contributed by atoms with Crippen LogP contribution >= 0.6 is 0 Å². The number of aliphatic hydroxyl groups excluding tert-OH is 4. The van der Waals surface area contributed by atoms with Gasteiger partial charge in [-0.15, -0.1) is 6.58 Å². The van der Waals surface area contributed by atoms with Crippen LogP contribution in [0.2, 0.25) is 0 Å². The molecule has 6 spiro atoms. The summed E-state index contributed by atoms with van der Waals surface area (Å²) in [7, 11) is 0. The summed E-state index contributed by atoms with van der Waals surface area (Å²) >= 11 is 0. The van der Waals surface area contributed by atoms with Gasteiger partial charge in [-0.25, -0.2) is 34.0 Å². The van der Waals surface area contributed by atoms with Gasteiger partial charge >= 0.3 is 36.8 Å². The Morgan fingerprint density at radius 3 is 1.41 bits per heavy atom. The smallest absolute Gasteiger partial charge is 0.458 e. The first-order chi connectivity index (χ1) is 41.1. The first-order valence-electron chi connectivity index (χ1n) is 31.9. The van der Waals surface area contributed by atoms with Crippen molar-refractivity contribution in [3.63, 3.8) is 0 Å². The number of esters is 3. The van der Waals surface area contributed by atoms with Crippen molar-refractivity contribution in [1.82, 2.24) is 0 Å². The summed E-state index contributed by atoms with van der Waals surface area (Å²) in [5.41, 5.74) is -5.51. The van der Waals surface area contributed by atoms with E-state index in [4.69, 9.17) is 56.8 Å². The third kappa shape index (κ3) is 5.64. The van der Waals surface area contributed by atoms with E-state index in [0.717, 1.165) is 16.7 Å². The molecule has 88 heavy (non-hydrogen) atoms. The number of fused-ring (bicyclic) bond motifs is 12. The molecule has 5 N–H and O–H groups in total. The van der Waals surface area contributed by atoms with Gasteiger partial charge in [0.25, 0.3) is 0 Å². The molecule has 470 valence electrons. The fourth-order valence-electron chi connectivity index (χ4n) is 23.9. The van der Waals surface area contributed by atoms with Crippen molar-refractivity contribution in [3.05, 3.63) is 65.7 Å². The zero-order valence-electron chi connectivity index (χ0n) is 51.6. The average molecular weight is 1220 g/mol. The molecule has 0 aromatic carbocycles. The number of rotatable bonds is 5. The van der Waals surface area contributed by atoms with E-state index in [1.807, 2.05) is 0 Å². The van der Waals surface area contributed by atoms with Crippen LogP contribution in [0, 0.1) is 58.7 Å². The van der Waals surface area contributed by atoms with Crippen LogP contribution in [0.4, 0.5) is 0 Å². The van der Waals surface area contributed by atoms with Crippen molar-refractivity contribution >= 4 is 23.7 Å². The minimum atomic E-state index is -1.36. The topological polar surface area (TPSA) is 310 Å². The SMILES string of the molecule is C=CCC1(O)C[C@@]2(C)[C@@H](C[C@@H]3O[C@@]34[C@H](O)[C@@]3(C(C)C)O[C@H]3[C@@H]3O[C@@]342)C2=C1C(=O)OC2.C=C[CH2-].CC(C)[C@]12O[C@H]1[C@@H]1O[C@]13[C@]1(O[C@H]1C[C@H]1C4=C(C(=O)C[C@@]13C)C(=O)OC4)[C@@H]2O.CC(C)[C@]12O[C@H]1[C@@H]1O[C@]13[C@]1(O[C@H]1C[C@H]1C4=C(C(=O)OC4)[C@@H](O)C[C@@]13C)[C@@H]2O.[Li+]. The second kappa shape index (κ2) is 16.6. The van der Waals surface area contributed by atoms with Crippen molar-refractivity contribution in [3.8, 4) is 0 Å². The molecule has 12 aliphatic heterocycles. The Labute approximate surface area is 521 Å². The summed E-state index contributed by atoms with van der Waals surface area (Å²) in [6.07, 6.45) is 1.96. The molecule has 15 fully saturated rings. The zero-order chi connectivity index (χ0) is 61.2. The number of cyclic esters (lactones) is 3. The Bertz CT molecular complexity index is 3450. The molecular formula is C66H79LiO21. The molecular weight excluding hydrogens is 1140 g/mol. The Morgan fingerprint density at radius 2 is 0.943 bits per heavy atom. The predicted octanol–water partition coefficient (Wildman–Crippen LogP) is -0.613. The number of aliphatic hydroxyl groups is 5. The van der Waals surface area contributed by atoms with Gasteiger partial charge in [-0.3, -0.25) is 4.79 Å². The van der Waals surface area contributed by atoms with Crippen molar-refractivity contribution in [1.29, 1.82) is 0 Å². The number of ketones is 1. The molecule has 9 saturated heterocycles.